The molecule has 0 spiro atoms. The van der Waals surface area contributed by atoms with E-state index in [1.54, 1.807) is 0 Å². The number of aryl methyl sites for hydroxylation is 1. The van der Waals surface area contributed by atoms with Crippen LogP contribution >= 0.6 is 15.9 Å². The van der Waals surface area contributed by atoms with Gasteiger partial charge in [-0.25, -0.2) is 4.98 Å². The van der Waals surface area contributed by atoms with Crippen molar-refractivity contribution in [3.63, 3.8) is 0 Å². The van der Waals surface area contributed by atoms with Gasteiger partial charge in [0.05, 0.1) is 6.10 Å². The first-order valence-electron chi connectivity index (χ1n) is 6.27. The lowest BCUT2D eigenvalue weighted by Crippen LogP contribution is -2.11. The molecule has 20 heavy (non-hydrogen) atoms. The van der Waals surface area contributed by atoms with Crippen molar-refractivity contribution in [1.82, 2.24) is 9.97 Å². The molecular formula is C14H17BrN4O. The SMILES string of the molecule is Cc1cc(Br)ccc1Nc1ncnc(OC(C)C)c1N. The Balaban J connectivity index is 2.29. The lowest BCUT2D eigenvalue weighted by molar-refractivity contribution is 0.234. The standard InChI is InChI=1S/C14H17BrN4O/c1-8(2)20-14-12(16)13(17-7-18-14)19-11-5-4-10(15)6-9(11)3/h4-8H,16H2,1-3H3,(H,17,18,19). The highest BCUT2D eigenvalue weighted by atomic mass is 79.9. The summed E-state index contributed by atoms with van der Waals surface area (Å²) in [5, 5.41) is 3.20. The minimum absolute atomic E-state index is 0.00877. The Kier molecular flexibility index (Phi) is 4.44. The number of benzene rings is 1. The molecule has 0 radical (unpaired) electrons. The van der Waals surface area contributed by atoms with Crippen LogP contribution in [0.1, 0.15) is 19.4 Å². The Morgan fingerprint density at radius 3 is 2.70 bits per heavy atom. The van der Waals surface area contributed by atoms with Crippen LogP contribution in [0.3, 0.4) is 0 Å². The quantitative estimate of drug-likeness (QED) is 0.891. The summed E-state index contributed by atoms with van der Waals surface area (Å²) in [6.07, 6.45) is 1.44. The Hall–Kier alpha value is -1.82. The smallest absolute Gasteiger partial charge is 0.242 e. The van der Waals surface area contributed by atoms with Crippen LogP contribution in [0, 0.1) is 6.92 Å². The van der Waals surface area contributed by atoms with Crippen LogP contribution < -0.4 is 15.8 Å². The summed E-state index contributed by atoms with van der Waals surface area (Å²) in [6.45, 7) is 5.86. The van der Waals surface area contributed by atoms with Crippen LogP contribution in [0.4, 0.5) is 17.2 Å². The molecule has 0 aliphatic carbocycles. The van der Waals surface area contributed by atoms with E-state index >= 15 is 0 Å². The molecule has 0 fully saturated rings. The van der Waals surface area contributed by atoms with Crippen molar-refractivity contribution >= 4 is 33.1 Å². The van der Waals surface area contributed by atoms with Gasteiger partial charge in [0.15, 0.2) is 5.82 Å². The molecule has 0 saturated heterocycles. The van der Waals surface area contributed by atoms with E-state index < -0.39 is 0 Å². The maximum Gasteiger partial charge on any atom is 0.242 e. The van der Waals surface area contributed by atoms with Crippen LogP contribution in [-0.2, 0) is 0 Å². The summed E-state index contributed by atoms with van der Waals surface area (Å²) in [7, 11) is 0. The number of hydrogen-bond acceptors (Lipinski definition) is 5. The maximum atomic E-state index is 6.04. The van der Waals surface area contributed by atoms with Gasteiger partial charge < -0.3 is 15.8 Å². The molecule has 0 saturated carbocycles. The van der Waals surface area contributed by atoms with Crippen molar-refractivity contribution in [3.8, 4) is 5.88 Å². The molecule has 3 N–H and O–H groups in total. The molecule has 0 bridgehead atoms. The molecular weight excluding hydrogens is 320 g/mol. The first-order chi connectivity index (χ1) is 9.47. The molecule has 5 nitrogen and oxygen atoms in total. The van der Waals surface area contributed by atoms with E-state index in [9.17, 15) is 0 Å². The maximum absolute atomic E-state index is 6.04. The van der Waals surface area contributed by atoms with Crippen molar-refractivity contribution < 1.29 is 4.74 Å². The van der Waals surface area contributed by atoms with Crippen LogP contribution in [0.2, 0.25) is 0 Å². The van der Waals surface area contributed by atoms with E-state index in [-0.39, 0.29) is 6.10 Å². The van der Waals surface area contributed by atoms with Gasteiger partial charge in [0.2, 0.25) is 5.88 Å². The minimum atomic E-state index is 0.00877. The molecule has 0 unspecified atom stereocenters. The van der Waals surface area contributed by atoms with Crippen molar-refractivity contribution in [2.75, 3.05) is 11.1 Å². The number of nitrogens with one attached hydrogen (secondary N) is 1. The van der Waals surface area contributed by atoms with E-state index in [1.807, 2.05) is 39.0 Å². The van der Waals surface area contributed by atoms with Crippen LogP contribution in [0.15, 0.2) is 29.0 Å². The molecule has 0 atom stereocenters. The van der Waals surface area contributed by atoms with Gasteiger partial charge in [0.1, 0.15) is 12.0 Å². The van der Waals surface area contributed by atoms with E-state index in [1.165, 1.54) is 6.33 Å². The molecule has 2 aromatic rings. The van der Waals surface area contributed by atoms with Crippen LogP contribution in [0.25, 0.3) is 0 Å². The Morgan fingerprint density at radius 1 is 1.30 bits per heavy atom. The van der Waals surface area contributed by atoms with Gasteiger partial charge in [-0.1, -0.05) is 15.9 Å². The zero-order chi connectivity index (χ0) is 14.7. The lowest BCUT2D eigenvalue weighted by Gasteiger charge is -2.14. The second kappa shape index (κ2) is 6.09. The van der Waals surface area contributed by atoms with Crippen molar-refractivity contribution in [1.29, 1.82) is 0 Å². The van der Waals surface area contributed by atoms with Gasteiger partial charge in [-0.3, -0.25) is 0 Å². The fourth-order valence-electron chi connectivity index (χ4n) is 1.69. The third-order valence-corrected chi connectivity index (χ3v) is 3.13. The molecule has 1 heterocycles. The Labute approximate surface area is 126 Å². The number of nitrogens with zero attached hydrogens (tertiary/aromatic N) is 2. The third-order valence-electron chi connectivity index (χ3n) is 2.64. The average molecular weight is 337 g/mol. The summed E-state index contributed by atoms with van der Waals surface area (Å²) in [5.74, 6) is 0.938. The van der Waals surface area contributed by atoms with Crippen molar-refractivity contribution in [2.24, 2.45) is 0 Å². The molecule has 6 heteroatoms. The number of halogens is 1. The van der Waals surface area contributed by atoms with Crippen molar-refractivity contribution in [2.45, 2.75) is 26.9 Å². The first-order valence-corrected chi connectivity index (χ1v) is 7.07. The van der Waals surface area contributed by atoms with Gasteiger partial charge in [-0.05, 0) is 44.5 Å². The number of anilines is 3. The zero-order valence-electron chi connectivity index (χ0n) is 11.6. The highest BCUT2D eigenvalue weighted by Gasteiger charge is 2.11. The fraction of sp³-hybridized carbons (Fsp3) is 0.286. The summed E-state index contributed by atoms with van der Waals surface area (Å²) >= 11 is 3.44. The number of hydrogen-bond donors (Lipinski definition) is 2. The van der Waals surface area contributed by atoms with Gasteiger partial charge in [-0.15, -0.1) is 0 Å². The van der Waals surface area contributed by atoms with Crippen molar-refractivity contribution in [3.05, 3.63) is 34.6 Å². The summed E-state index contributed by atoms with van der Waals surface area (Å²) < 4.78 is 6.58. The third kappa shape index (κ3) is 3.39. The second-order valence-electron chi connectivity index (χ2n) is 4.69. The highest BCUT2D eigenvalue weighted by molar-refractivity contribution is 9.10. The van der Waals surface area contributed by atoms with Gasteiger partial charge in [-0.2, -0.15) is 4.98 Å². The van der Waals surface area contributed by atoms with E-state index in [2.05, 4.69) is 31.2 Å². The van der Waals surface area contributed by atoms with Gasteiger partial charge >= 0.3 is 0 Å². The predicted molar refractivity (Wildman–Crippen MR) is 84.4 cm³/mol. The predicted octanol–water partition coefficient (Wildman–Crippen LogP) is 3.66. The summed E-state index contributed by atoms with van der Waals surface area (Å²) in [4.78, 5) is 8.22. The van der Waals surface area contributed by atoms with Gasteiger partial charge in [0.25, 0.3) is 0 Å². The number of nitrogen functional groups attached to an aromatic ring is 1. The first kappa shape index (κ1) is 14.6. The molecule has 0 amide bonds. The average Bonchev–Trinajstić information content (AvgIpc) is 2.36. The summed E-state index contributed by atoms with van der Waals surface area (Å²) in [5.41, 5.74) is 8.47. The molecule has 1 aromatic carbocycles. The highest BCUT2D eigenvalue weighted by Crippen LogP contribution is 2.30. The monoisotopic (exact) mass is 336 g/mol. The molecule has 1 aromatic heterocycles. The fourth-order valence-corrected chi connectivity index (χ4v) is 2.17. The van der Waals surface area contributed by atoms with Crippen LogP contribution in [-0.4, -0.2) is 16.1 Å². The molecule has 2 rings (SSSR count). The van der Waals surface area contributed by atoms with Crippen LogP contribution in [0.5, 0.6) is 5.88 Å². The molecule has 0 aliphatic heterocycles. The number of ether oxygens (including phenoxy) is 1. The van der Waals surface area contributed by atoms with Gasteiger partial charge in [0, 0.05) is 10.2 Å². The normalized spacial score (nSPS) is 10.7. The lowest BCUT2D eigenvalue weighted by atomic mass is 10.2. The zero-order valence-corrected chi connectivity index (χ0v) is 13.2. The summed E-state index contributed by atoms with van der Waals surface area (Å²) in [6, 6.07) is 5.94. The number of aromatic nitrogens is 2. The largest absolute Gasteiger partial charge is 0.473 e. The minimum Gasteiger partial charge on any atom is -0.473 e. The number of nitrogens with two attached hydrogens (primary N) is 1. The van der Waals surface area contributed by atoms with E-state index in [4.69, 9.17) is 10.5 Å². The topological polar surface area (TPSA) is 73.1 Å². The number of rotatable bonds is 4. The molecule has 0 aliphatic rings. The molecule has 106 valence electrons. The van der Waals surface area contributed by atoms with E-state index in [0.29, 0.717) is 17.4 Å². The van der Waals surface area contributed by atoms with E-state index in [0.717, 1.165) is 15.7 Å². The Morgan fingerprint density at radius 2 is 2.05 bits per heavy atom. The Bertz CT molecular complexity index is 616. The second-order valence-corrected chi connectivity index (χ2v) is 5.61.